The third-order valence-corrected chi connectivity index (χ3v) is 3.51. The van der Waals surface area contributed by atoms with Crippen LogP contribution in [0, 0.1) is 5.92 Å². The lowest BCUT2D eigenvalue weighted by atomic mass is 10.00. The molecule has 2 rings (SSSR count). The highest BCUT2D eigenvalue weighted by atomic mass is 16.4. The van der Waals surface area contributed by atoms with E-state index < -0.39 is 11.9 Å². The highest BCUT2D eigenvalue weighted by Gasteiger charge is 2.28. The van der Waals surface area contributed by atoms with Crippen LogP contribution in [0.1, 0.15) is 24.8 Å². The molecular formula is C14H18N2O3. The van der Waals surface area contributed by atoms with E-state index >= 15 is 0 Å². The summed E-state index contributed by atoms with van der Waals surface area (Å²) in [5, 5.41) is 14.9. The van der Waals surface area contributed by atoms with Gasteiger partial charge in [0, 0.05) is 18.8 Å². The number of para-hydroxylation sites is 1. The Hall–Kier alpha value is -2.04. The van der Waals surface area contributed by atoms with E-state index in [0.29, 0.717) is 13.0 Å². The van der Waals surface area contributed by atoms with Crippen LogP contribution in [-0.4, -0.2) is 30.1 Å². The van der Waals surface area contributed by atoms with Crippen LogP contribution < -0.4 is 10.6 Å². The Bertz CT molecular complexity index is 487. The predicted molar refractivity (Wildman–Crippen MR) is 72.1 cm³/mol. The van der Waals surface area contributed by atoms with E-state index in [0.717, 1.165) is 11.3 Å². The third kappa shape index (κ3) is 2.86. The first kappa shape index (κ1) is 13.4. The maximum absolute atomic E-state index is 12.1. The first-order chi connectivity index (χ1) is 9.13. The zero-order valence-electron chi connectivity index (χ0n) is 10.8. The van der Waals surface area contributed by atoms with Gasteiger partial charge in [-0.15, -0.1) is 0 Å². The Morgan fingerprint density at radius 3 is 2.89 bits per heavy atom. The Kier molecular flexibility index (Phi) is 4.04. The number of carboxylic acids is 1. The quantitative estimate of drug-likeness (QED) is 0.750. The molecule has 0 radical (unpaired) electrons. The summed E-state index contributed by atoms with van der Waals surface area (Å²) in [5.41, 5.74) is 1.95. The Balaban J connectivity index is 1.97. The minimum atomic E-state index is -0.868. The second-order valence-electron chi connectivity index (χ2n) is 4.71. The van der Waals surface area contributed by atoms with Gasteiger partial charge in [0.15, 0.2) is 0 Å². The summed E-state index contributed by atoms with van der Waals surface area (Å²) in [4.78, 5) is 23.0. The maximum Gasteiger partial charge on any atom is 0.308 e. The van der Waals surface area contributed by atoms with Gasteiger partial charge in [0.05, 0.1) is 11.8 Å². The number of rotatable bonds is 5. The van der Waals surface area contributed by atoms with Crippen LogP contribution >= 0.6 is 0 Å². The van der Waals surface area contributed by atoms with Crippen molar-refractivity contribution < 1.29 is 14.7 Å². The molecule has 2 unspecified atom stereocenters. The van der Waals surface area contributed by atoms with Crippen LogP contribution in [0.2, 0.25) is 0 Å². The molecular weight excluding hydrogens is 244 g/mol. The third-order valence-electron chi connectivity index (χ3n) is 3.51. The summed E-state index contributed by atoms with van der Waals surface area (Å²) in [6, 6.07) is 7.69. The summed E-state index contributed by atoms with van der Waals surface area (Å²) >= 11 is 0. The van der Waals surface area contributed by atoms with E-state index in [-0.39, 0.29) is 18.4 Å². The molecule has 0 saturated carbocycles. The molecule has 1 aromatic carbocycles. The molecule has 3 N–H and O–H groups in total. The van der Waals surface area contributed by atoms with Gasteiger partial charge in [-0.1, -0.05) is 25.1 Å². The fraction of sp³-hybridized carbons (Fsp3) is 0.429. The van der Waals surface area contributed by atoms with Crippen molar-refractivity contribution in [2.45, 2.75) is 19.3 Å². The zero-order chi connectivity index (χ0) is 13.8. The molecule has 0 bridgehead atoms. The summed E-state index contributed by atoms with van der Waals surface area (Å²) in [6.45, 7) is 2.55. The van der Waals surface area contributed by atoms with Crippen molar-refractivity contribution in [3.05, 3.63) is 29.8 Å². The number of fused-ring (bicyclic) bond motifs is 1. The minimum Gasteiger partial charge on any atom is -0.481 e. The van der Waals surface area contributed by atoms with Crippen molar-refractivity contribution in [3.63, 3.8) is 0 Å². The number of hydrogen-bond donors (Lipinski definition) is 3. The SMILES string of the molecule is CCC(CNC(=O)C1CNc2ccccc21)C(=O)O. The van der Waals surface area contributed by atoms with Crippen LogP contribution in [0.3, 0.4) is 0 Å². The van der Waals surface area contributed by atoms with Gasteiger partial charge in [0.25, 0.3) is 0 Å². The van der Waals surface area contributed by atoms with E-state index in [1.807, 2.05) is 24.3 Å². The average molecular weight is 262 g/mol. The molecule has 2 atom stereocenters. The lowest BCUT2D eigenvalue weighted by molar-refractivity contribution is -0.141. The van der Waals surface area contributed by atoms with Gasteiger partial charge < -0.3 is 15.7 Å². The van der Waals surface area contributed by atoms with E-state index in [1.54, 1.807) is 6.92 Å². The number of carbonyl (C=O) groups excluding carboxylic acids is 1. The van der Waals surface area contributed by atoms with Crippen molar-refractivity contribution in [2.24, 2.45) is 5.92 Å². The van der Waals surface area contributed by atoms with E-state index in [9.17, 15) is 9.59 Å². The monoisotopic (exact) mass is 262 g/mol. The second-order valence-corrected chi connectivity index (χ2v) is 4.71. The molecule has 1 aliphatic rings. The summed E-state index contributed by atoms with van der Waals surface area (Å²) < 4.78 is 0. The largest absolute Gasteiger partial charge is 0.481 e. The Morgan fingerprint density at radius 2 is 2.21 bits per heavy atom. The van der Waals surface area contributed by atoms with Gasteiger partial charge in [-0.25, -0.2) is 0 Å². The molecule has 0 spiro atoms. The molecule has 1 aliphatic heterocycles. The number of carbonyl (C=O) groups is 2. The lowest BCUT2D eigenvalue weighted by Gasteiger charge is -2.14. The van der Waals surface area contributed by atoms with Gasteiger partial charge in [0.2, 0.25) is 5.91 Å². The van der Waals surface area contributed by atoms with Gasteiger partial charge in [-0.05, 0) is 18.1 Å². The van der Waals surface area contributed by atoms with E-state index in [2.05, 4.69) is 10.6 Å². The number of nitrogens with one attached hydrogen (secondary N) is 2. The average Bonchev–Trinajstić information content (AvgIpc) is 2.82. The topological polar surface area (TPSA) is 78.4 Å². The standard InChI is InChI=1S/C14H18N2O3/c1-2-9(14(18)19)7-16-13(17)11-8-15-12-6-4-3-5-10(11)12/h3-6,9,11,15H,2,7-8H2,1H3,(H,16,17)(H,18,19). The molecule has 5 heteroatoms. The number of anilines is 1. The van der Waals surface area contributed by atoms with Crippen LogP contribution in [0.4, 0.5) is 5.69 Å². The molecule has 0 aromatic heterocycles. The van der Waals surface area contributed by atoms with Crippen LogP contribution in [0.5, 0.6) is 0 Å². The first-order valence-corrected chi connectivity index (χ1v) is 6.46. The van der Waals surface area contributed by atoms with Gasteiger partial charge in [-0.2, -0.15) is 0 Å². The van der Waals surface area contributed by atoms with E-state index in [1.165, 1.54) is 0 Å². The fourth-order valence-corrected chi connectivity index (χ4v) is 2.27. The number of amides is 1. The van der Waals surface area contributed by atoms with Crippen molar-refractivity contribution in [1.29, 1.82) is 0 Å². The molecule has 0 saturated heterocycles. The van der Waals surface area contributed by atoms with Crippen molar-refractivity contribution >= 4 is 17.6 Å². The molecule has 102 valence electrons. The number of aliphatic carboxylic acids is 1. The zero-order valence-corrected chi connectivity index (χ0v) is 10.8. The van der Waals surface area contributed by atoms with Crippen molar-refractivity contribution in [2.75, 3.05) is 18.4 Å². The van der Waals surface area contributed by atoms with Crippen molar-refractivity contribution in [1.82, 2.24) is 5.32 Å². The normalized spacial score (nSPS) is 18.3. The Morgan fingerprint density at radius 1 is 1.47 bits per heavy atom. The van der Waals surface area contributed by atoms with E-state index in [4.69, 9.17) is 5.11 Å². The van der Waals surface area contributed by atoms with Crippen LogP contribution in [-0.2, 0) is 9.59 Å². The molecule has 1 aromatic rings. The summed E-state index contributed by atoms with van der Waals surface area (Å²) in [7, 11) is 0. The van der Waals surface area contributed by atoms with Crippen LogP contribution in [0.15, 0.2) is 24.3 Å². The second kappa shape index (κ2) is 5.73. The van der Waals surface area contributed by atoms with Crippen LogP contribution in [0.25, 0.3) is 0 Å². The van der Waals surface area contributed by atoms with Gasteiger partial charge >= 0.3 is 5.97 Å². The van der Waals surface area contributed by atoms with Gasteiger partial charge in [-0.3, -0.25) is 9.59 Å². The molecule has 5 nitrogen and oxygen atoms in total. The fourth-order valence-electron chi connectivity index (χ4n) is 2.27. The maximum atomic E-state index is 12.1. The summed E-state index contributed by atoms with van der Waals surface area (Å²) in [5.74, 6) is -1.74. The summed E-state index contributed by atoms with van der Waals surface area (Å²) in [6.07, 6.45) is 0.509. The number of benzene rings is 1. The highest BCUT2D eigenvalue weighted by molar-refractivity contribution is 5.88. The van der Waals surface area contributed by atoms with Crippen molar-refractivity contribution in [3.8, 4) is 0 Å². The van der Waals surface area contributed by atoms with Gasteiger partial charge in [0.1, 0.15) is 0 Å². The predicted octanol–water partition coefficient (Wildman–Crippen LogP) is 1.42. The molecule has 1 amide bonds. The smallest absolute Gasteiger partial charge is 0.308 e. The molecule has 0 aliphatic carbocycles. The highest BCUT2D eigenvalue weighted by Crippen LogP contribution is 2.30. The molecule has 0 fully saturated rings. The Labute approximate surface area is 112 Å². The molecule has 19 heavy (non-hydrogen) atoms. The minimum absolute atomic E-state index is 0.114. The number of hydrogen-bond acceptors (Lipinski definition) is 3. The number of carboxylic acid groups (broad SMARTS) is 1. The lowest BCUT2D eigenvalue weighted by Crippen LogP contribution is -2.36. The molecule has 1 heterocycles. The first-order valence-electron chi connectivity index (χ1n) is 6.46.